The molecular weight excluding hydrogens is 460 g/mol. The Kier molecular flexibility index (Phi) is 7.23. The van der Waals surface area contributed by atoms with Crippen LogP contribution in [-0.4, -0.2) is 40.1 Å². The van der Waals surface area contributed by atoms with Crippen molar-refractivity contribution in [3.05, 3.63) is 59.7 Å². The Morgan fingerprint density at radius 3 is 1.35 bits per heavy atom. The van der Waals surface area contributed by atoms with Gasteiger partial charge in [0.25, 0.3) is 0 Å². The molecule has 2 aromatic carbocycles. The van der Waals surface area contributed by atoms with Gasteiger partial charge < -0.3 is 10.6 Å². The van der Waals surface area contributed by atoms with Crippen LogP contribution in [0.5, 0.6) is 0 Å². The molecule has 166 valence electrons. The zero-order valence-electron chi connectivity index (χ0n) is 16.4. The van der Waals surface area contributed by atoms with E-state index in [0.717, 1.165) is 11.1 Å². The maximum atomic E-state index is 11.3. The van der Waals surface area contributed by atoms with Gasteiger partial charge in [0, 0.05) is 13.1 Å². The molecule has 0 radical (unpaired) electrons. The van der Waals surface area contributed by atoms with Gasteiger partial charge in [0.15, 0.2) is 0 Å². The Hall–Kier alpha value is -2.58. The van der Waals surface area contributed by atoms with Crippen molar-refractivity contribution in [2.24, 2.45) is 10.3 Å². The highest BCUT2D eigenvalue weighted by molar-refractivity contribution is 7.89. The van der Waals surface area contributed by atoms with E-state index in [-0.39, 0.29) is 9.79 Å². The lowest BCUT2D eigenvalue weighted by molar-refractivity contribution is 0.596. The molecule has 0 saturated heterocycles. The molecule has 0 fully saturated rings. The molecule has 0 spiro atoms. The standard InChI is InChI=1S/C18H22N6O4S3/c19-30(25,26)15-5-1-13(2-6-15)9-11-21-17-23-24-18(29-17)22-12-10-14-3-7-16(8-4-14)31(20,27)28/h1-8H,9-12H2,(H,21,23)(H,22,24)(H2,19,25,26)(H2,20,27,28). The lowest BCUT2D eigenvalue weighted by Crippen LogP contribution is -2.12. The number of benzene rings is 2. The lowest BCUT2D eigenvalue weighted by atomic mass is 10.1. The molecule has 6 N–H and O–H groups in total. The second kappa shape index (κ2) is 9.70. The largest absolute Gasteiger partial charge is 0.360 e. The van der Waals surface area contributed by atoms with Gasteiger partial charge >= 0.3 is 0 Å². The van der Waals surface area contributed by atoms with E-state index >= 15 is 0 Å². The van der Waals surface area contributed by atoms with Gasteiger partial charge in [0.2, 0.25) is 30.3 Å². The summed E-state index contributed by atoms with van der Waals surface area (Å²) >= 11 is 1.38. The fourth-order valence-corrected chi connectivity index (χ4v) is 4.41. The van der Waals surface area contributed by atoms with Crippen molar-refractivity contribution in [1.29, 1.82) is 0 Å². The van der Waals surface area contributed by atoms with Crippen LogP contribution in [0.3, 0.4) is 0 Å². The summed E-state index contributed by atoms with van der Waals surface area (Å²) in [5, 5.41) is 26.0. The maximum Gasteiger partial charge on any atom is 0.238 e. The Morgan fingerprint density at radius 2 is 1.03 bits per heavy atom. The number of rotatable bonds is 10. The molecule has 0 saturated carbocycles. The van der Waals surface area contributed by atoms with Crippen LogP contribution in [0.15, 0.2) is 58.3 Å². The average Bonchev–Trinajstić information content (AvgIpc) is 3.15. The van der Waals surface area contributed by atoms with Crippen molar-refractivity contribution in [2.75, 3.05) is 23.7 Å². The molecule has 3 rings (SSSR count). The summed E-state index contributed by atoms with van der Waals surface area (Å²) in [7, 11) is -7.36. The third-order valence-corrected chi connectivity index (χ3v) is 7.01. The predicted molar refractivity (Wildman–Crippen MR) is 120 cm³/mol. The minimum absolute atomic E-state index is 0.0874. The van der Waals surface area contributed by atoms with Gasteiger partial charge in [-0.15, -0.1) is 10.2 Å². The summed E-state index contributed by atoms with van der Waals surface area (Å²) in [5.74, 6) is 0. The molecule has 0 aliphatic rings. The monoisotopic (exact) mass is 482 g/mol. The Bertz CT molecular complexity index is 1130. The molecule has 0 unspecified atom stereocenters. The number of nitrogens with zero attached hydrogens (tertiary/aromatic N) is 2. The van der Waals surface area contributed by atoms with Crippen LogP contribution >= 0.6 is 11.3 Å². The zero-order valence-corrected chi connectivity index (χ0v) is 18.8. The van der Waals surface area contributed by atoms with E-state index in [1.54, 1.807) is 24.3 Å². The summed E-state index contributed by atoms with van der Waals surface area (Å²) in [4.78, 5) is 0.175. The topological polar surface area (TPSA) is 170 Å². The SMILES string of the molecule is NS(=O)(=O)c1ccc(CCNc2nnc(NCCc3ccc(S(N)(=O)=O)cc3)s2)cc1. The van der Waals surface area contributed by atoms with Crippen molar-refractivity contribution < 1.29 is 16.8 Å². The molecule has 31 heavy (non-hydrogen) atoms. The van der Waals surface area contributed by atoms with E-state index in [1.165, 1.54) is 35.6 Å². The second-order valence-electron chi connectivity index (χ2n) is 6.64. The number of anilines is 2. The average molecular weight is 483 g/mol. The Labute approximate surface area is 184 Å². The normalized spacial score (nSPS) is 11.9. The van der Waals surface area contributed by atoms with Gasteiger partial charge in [-0.25, -0.2) is 27.1 Å². The molecule has 3 aromatic rings. The molecule has 1 heterocycles. The molecule has 13 heteroatoms. The quantitative estimate of drug-likeness (QED) is 0.333. The van der Waals surface area contributed by atoms with Crippen LogP contribution in [0.4, 0.5) is 10.3 Å². The number of sulfonamides is 2. The number of nitrogens with two attached hydrogens (primary N) is 2. The van der Waals surface area contributed by atoms with E-state index in [9.17, 15) is 16.8 Å². The maximum absolute atomic E-state index is 11.3. The van der Waals surface area contributed by atoms with Crippen molar-refractivity contribution in [1.82, 2.24) is 10.2 Å². The zero-order chi connectivity index (χ0) is 22.5. The van der Waals surface area contributed by atoms with Crippen molar-refractivity contribution in [3.8, 4) is 0 Å². The minimum atomic E-state index is -3.68. The van der Waals surface area contributed by atoms with Crippen LogP contribution in [0.25, 0.3) is 0 Å². The van der Waals surface area contributed by atoms with E-state index in [2.05, 4.69) is 20.8 Å². The summed E-state index contributed by atoms with van der Waals surface area (Å²) in [6.07, 6.45) is 1.36. The molecule has 10 nitrogen and oxygen atoms in total. The van der Waals surface area contributed by atoms with Crippen LogP contribution in [0.2, 0.25) is 0 Å². The van der Waals surface area contributed by atoms with Crippen LogP contribution in [0.1, 0.15) is 11.1 Å². The van der Waals surface area contributed by atoms with E-state index in [1.807, 2.05) is 0 Å². The molecule has 0 aliphatic carbocycles. The molecule has 0 atom stereocenters. The van der Waals surface area contributed by atoms with Crippen molar-refractivity contribution in [3.63, 3.8) is 0 Å². The number of primary sulfonamides is 2. The van der Waals surface area contributed by atoms with E-state index < -0.39 is 20.0 Å². The first-order chi connectivity index (χ1) is 14.6. The van der Waals surface area contributed by atoms with Gasteiger partial charge in [-0.3, -0.25) is 0 Å². The molecule has 0 bridgehead atoms. The lowest BCUT2D eigenvalue weighted by Gasteiger charge is -2.04. The summed E-state index contributed by atoms with van der Waals surface area (Å²) < 4.78 is 45.1. The van der Waals surface area contributed by atoms with Crippen molar-refractivity contribution in [2.45, 2.75) is 22.6 Å². The van der Waals surface area contributed by atoms with Gasteiger partial charge in [-0.1, -0.05) is 35.6 Å². The van der Waals surface area contributed by atoms with Crippen molar-refractivity contribution >= 4 is 41.6 Å². The van der Waals surface area contributed by atoms with Gasteiger partial charge in [-0.2, -0.15) is 0 Å². The van der Waals surface area contributed by atoms with Gasteiger partial charge in [0.05, 0.1) is 9.79 Å². The highest BCUT2D eigenvalue weighted by atomic mass is 32.2. The minimum Gasteiger partial charge on any atom is -0.360 e. The number of hydrogen-bond donors (Lipinski definition) is 4. The Balaban J connectivity index is 1.42. The first-order valence-electron chi connectivity index (χ1n) is 9.16. The number of aromatic nitrogens is 2. The van der Waals surface area contributed by atoms with Crippen LogP contribution in [0, 0.1) is 0 Å². The summed E-state index contributed by atoms with van der Waals surface area (Å²) in [6.45, 7) is 1.22. The smallest absolute Gasteiger partial charge is 0.238 e. The highest BCUT2D eigenvalue weighted by Crippen LogP contribution is 2.20. The van der Waals surface area contributed by atoms with E-state index in [4.69, 9.17) is 10.3 Å². The van der Waals surface area contributed by atoms with Gasteiger partial charge in [0.1, 0.15) is 0 Å². The molecular formula is C18H22N6O4S3. The van der Waals surface area contributed by atoms with E-state index in [0.29, 0.717) is 36.2 Å². The van der Waals surface area contributed by atoms with Crippen LogP contribution < -0.4 is 20.9 Å². The Morgan fingerprint density at radius 1 is 0.677 bits per heavy atom. The molecule has 1 aromatic heterocycles. The fraction of sp³-hybridized carbons (Fsp3) is 0.222. The third kappa shape index (κ3) is 6.97. The fourth-order valence-electron chi connectivity index (χ4n) is 2.69. The number of nitrogens with one attached hydrogen (secondary N) is 2. The van der Waals surface area contributed by atoms with Gasteiger partial charge in [-0.05, 0) is 48.2 Å². The first kappa shape index (κ1) is 23.1. The third-order valence-electron chi connectivity index (χ3n) is 4.31. The summed E-state index contributed by atoms with van der Waals surface area (Å²) in [5.41, 5.74) is 1.94. The molecule has 0 amide bonds. The van der Waals surface area contributed by atoms with Crippen LogP contribution in [-0.2, 0) is 32.9 Å². The first-order valence-corrected chi connectivity index (χ1v) is 13.1. The second-order valence-corrected chi connectivity index (χ2v) is 10.7. The summed E-state index contributed by atoms with van der Waals surface area (Å²) in [6, 6.07) is 12.8. The number of hydrogen-bond acceptors (Lipinski definition) is 9. The highest BCUT2D eigenvalue weighted by Gasteiger charge is 2.08. The molecule has 0 aliphatic heterocycles. The predicted octanol–water partition coefficient (Wildman–Crippen LogP) is 1.14.